The Morgan fingerprint density at radius 3 is 2.63 bits per heavy atom. The first-order valence-electron chi connectivity index (χ1n) is 6.33. The topological polar surface area (TPSA) is 61.3 Å². The molecule has 0 bridgehead atoms. The molecule has 0 aliphatic carbocycles. The molecular weight excluding hydrogens is 240 g/mol. The van der Waals surface area contributed by atoms with Gasteiger partial charge < -0.3 is 14.9 Å². The molecule has 4 nitrogen and oxygen atoms in total. The molecule has 1 unspecified atom stereocenters. The van der Waals surface area contributed by atoms with E-state index in [-0.39, 0.29) is 6.04 Å². The predicted molar refractivity (Wildman–Crippen MR) is 74.3 cm³/mol. The molecule has 0 aliphatic rings. The molecule has 0 radical (unpaired) electrons. The molecule has 2 aromatic rings. The van der Waals surface area contributed by atoms with E-state index in [1.165, 1.54) is 0 Å². The average molecular weight is 260 g/mol. The summed E-state index contributed by atoms with van der Waals surface area (Å²) in [6.45, 7) is 5.99. The molecule has 102 valence electrons. The highest BCUT2D eigenvalue weighted by Crippen LogP contribution is 2.27. The van der Waals surface area contributed by atoms with Crippen LogP contribution < -0.4 is 10.5 Å². The van der Waals surface area contributed by atoms with E-state index in [0.29, 0.717) is 6.42 Å². The molecule has 19 heavy (non-hydrogen) atoms. The normalized spacial score (nSPS) is 12.5. The quantitative estimate of drug-likeness (QED) is 0.918. The molecule has 0 aromatic carbocycles. The van der Waals surface area contributed by atoms with Gasteiger partial charge in [0.2, 0.25) is 0 Å². The number of hydrogen-bond donors (Lipinski definition) is 1. The molecule has 0 amide bonds. The summed E-state index contributed by atoms with van der Waals surface area (Å²) < 4.78 is 10.8. The summed E-state index contributed by atoms with van der Waals surface area (Å²) >= 11 is 0. The maximum atomic E-state index is 6.20. The van der Waals surface area contributed by atoms with Gasteiger partial charge in [-0.05, 0) is 32.4 Å². The highest BCUT2D eigenvalue weighted by molar-refractivity contribution is 5.41. The highest BCUT2D eigenvalue weighted by atomic mass is 16.5. The summed E-state index contributed by atoms with van der Waals surface area (Å²) in [5.41, 5.74) is 10.3. The van der Waals surface area contributed by atoms with Gasteiger partial charge in [-0.2, -0.15) is 0 Å². The molecule has 0 saturated carbocycles. The van der Waals surface area contributed by atoms with Gasteiger partial charge >= 0.3 is 0 Å². The Balaban J connectivity index is 2.27. The Morgan fingerprint density at radius 1 is 1.32 bits per heavy atom. The Hall–Kier alpha value is -1.81. The van der Waals surface area contributed by atoms with Crippen molar-refractivity contribution < 1.29 is 9.15 Å². The number of methoxy groups -OCH3 is 1. The van der Waals surface area contributed by atoms with E-state index in [1.54, 1.807) is 13.4 Å². The Morgan fingerprint density at radius 2 is 2.05 bits per heavy atom. The van der Waals surface area contributed by atoms with E-state index in [9.17, 15) is 0 Å². The van der Waals surface area contributed by atoms with Gasteiger partial charge in [-0.15, -0.1) is 0 Å². The van der Waals surface area contributed by atoms with Crippen LogP contribution in [0.3, 0.4) is 0 Å². The summed E-state index contributed by atoms with van der Waals surface area (Å²) in [7, 11) is 1.68. The molecule has 2 rings (SSSR count). The van der Waals surface area contributed by atoms with Crippen LogP contribution in [0.15, 0.2) is 22.9 Å². The van der Waals surface area contributed by atoms with Crippen molar-refractivity contribution in [3.8, 4) is 5.75 Å². The van der Waals surface area contributed by atoms with Crippen LogP contribution in [-0.4, -0.2) is 12.1 Å². The first kappa shape index (κ1) is 13.6. The van der Waals surface area contributed by atoms with Crippen molar-refractivity contribution in [3.63, 3.8) is 0 Å². The second-order valence-electron chi connectivity index (χ2n) is 4.82. The number of rotatable bonds is 4. The van der Waals surface area contributed by atoms with E-state index in [2.05, 4.69) is 4.98 Å². The third-order valence-corrected chi connectivity index (χ3v) is 3.40. The second kappa shape index (κ2) is 5.45. The van der Waals surface area contributed by atoms with Crippen LogP contribution in [0.4, 0.5) is 0 Å². The minimum atomic E-state index is -0.186. The van der Waals surface area contributed by atoms with E-state index in [1.807, 2.05) is 33.0 Å². The van der Waals surface area contributed by atoms with Crippen molar-refractivity contribution in [3.05, 3.63) is 46.7 Å². The van der Waals surface area contributed by atoms with Crippen molar-refractivity contribution in [2.24, 2.45) is 5.73 Å². The van der Waals surface area contributed by atoms with Crippen molar-refractivity contribution in [2.75, 3.05) is 7.11 Å². The predicted octanol–water partition coefficient (Wildman–Crippen LogP) is 2.85. The van der Waals surface area contributed by atoms with Crippen LogP contribution in [-0.2, 0) is 6.42 Å². The third kappa shape index (κ3) is 2.63. The molecule has 2 N–H and O–H groups in total. The molecule has 0 aliphatic heterocycles. The maximum Gasteiger partial charge on any atom is 0.128 e. The van der Waals surface area contributed by atoms with Gasteiger partial charge in [-0.3, -0.25) is 4.98 Å². The van der Waals surface area contributed by atoms with E-state index in [4.69, 9.17) is 14.9 Å². The second-order valence-corrected chi connectivity index (χ2v) is 4.82. The number of pyridine rings is 1. The van der Waals surface area contributed by atoms with Crippen LogP contribution in [0.2, 0.25) is 0 Å². The number of nitrogens with zero attached hydrogens (tertiary/aromatic N) is 1. The fourth-order valence-electron chi connectivity index (χ4n) is 2.34. The molecule has 0 saturated heterocycles. The van der Waals surface area contributed by atoms with Crippen molar-refractivity contribution in [1.82, 2.24) is 4.98 Å². The molecule has 0 spiro atoms. The number of furan rings is 1. The van der Waals surface area contributed by atoms with Crippen molar-refractivity contribution >= 4 is 0 Å². The lowest BCUT2D eigenvalue weighted by molar-refractivity contribution is 0.405. The fraction of sp³-hybridized carbons (Fsp3) is 0.400. The van der Waals surface area contributed by atoms with Gasteiger partial charge in [-0.1, -0.05) is 0 Å². The van der Waals surface area contributed by atoms with Crippen LogP contribution >= 0.6 is 0 Å². The largest absolute Gasteiger partial charge is 0.496 e. The van der Waals surface area contributed by atoms with Gasteiger partial charge in [0.15, 0.2) is 0 Å². The SMILES string of the molecule is COc1c(C)cnc(CC(N)c2occc2C)c1C. The first-order valence-corrected chi connectivity index (χ1v) is 6.33. The standard InChI is InChI=1S/C15H20N2O2/c1-9-5-6-19-15(9)12(16)7-13-11(3)14(18-4)10(2)8-17-13/h5-6,8,12H,7,16H2,1-4H3. The van der Waals surface area contributed by atoms with Crippen LogP contribution in [0.5, 0.6) is 5.75 Å². The van der Waals surface area contributed by atoms with E-state index in [0.717, 1.165) is 33.9 Å². The summed E-state index contributed by atoms with van der Waals surface area (Å²) in [6, 6.07) is 1.74. The Labute approximate surface area is 113 Å². The number of aromatic nitrogens is 1. The number of nitrogens with two attached hydrogens (primary N) is 1. The average Bonchev–Trinajstić information content (AvgIpc) is 2.80. The minimum absolute atomic E-state index is 0.186. The van der Waals surface area contributed by atoms with Crippen molar-refractivity contribution in [1.29, 1.82) is 0 Å². The fourth-order valence-corrected chi connectivity index (χ4v) is 2.34. The molecule has 0 fully saturated rings. The monoisotopic (exact) mass is 260 g/mol. The molecule has 2 aromatic heterocycles. The van der Waals surface area contributed by atoms with Crippen molar-refractivity contribution in [2.45, 2.75) is 33.2 Å². The van der Waals surface area contributed by atoms with Crippen LogP contribution in [0, 0.1) is 20.8 Å². The lowest BCUT2D eigenvalue weighted by atomic mass is 10.0. The van der Waals surface area contributed by atoms with Gasteiger partial charge in [0.1, 0.15) is 11.5 Å². The molecule has 4 heteroatoms. The Kier molecular flexibility index (Phi) is 3.90. The van der Waals surface area contributed by atoms with Gasteiger partial charge in [0.25, 0.3) is 0 Å². The van der Waals surface area contributed by atoms with Crippen LogP contribution in [0.1, 0.15) is 34.2 Å². The maximum absolute atomic E-state index is 6.20. The molecule has 1 atom stereocenters. The summed E-state index contributed by atoms with van der Waals surface area (Å²) in [6.07, 6.45) is 4.13. The first-order chi connectivity index (χ1) is 9.04. The minimum Gasteiger partial charge on any atom is -0.496 e. The summed E-state index contributed by atoms with van der Waals surface area (Å²) in [4.78, 5) is 4.46. The van der Waals surface area contributed by atoms with Gasteiger partial charge in [0, 0.05) is 29.4 Å². The number of hydrogen-bond acceptors (Lipinski definition) is 4. The van der Waals surface area contributed by atoms with Crippen LogP contribution in [0.25, 0.3) is 0 Å². The smallest absolute Gasteiger partial charge is 0.128 e. The summed E-state index contributed by atoms with van der Waals surface area (Å²) in [5.74, 6) is 1.70. The zero-order chi connectivity index (χ0) is 14.0. The lowest BCUT2D eigenvalue weighted by Crippen LogP contribution is -2.15. The highest BCUT2D eigenvalue weighted by Gasteiger charge is 2.17. The Bertz CT molecular complexity index is 576. The van der Waals surface area contributed by atoms with E-state index < -0.39 is 0 Å². The zero-order valence-corrected chi connectivity index (χ0v) is 11.9. The summed E-state index contributed by atoms with van der Waals surface area (Å²) in [5, 5.41) is 0. The number of ether oxygens (including phenoxy) is 1. The third-order valence-electron chi connectivity index (χ3n) is 3.40. The van der Waals surface area contributed by atoms with E-state index >= 15 is 0 Å². The van der Waals surface area contributed by atoms with Gasteiger partial charge in [0.05, 0.1) is 19.4 Å². The lowest BCUT2D eigenvalue weighted by Gasteiger charge is -2.15. The number of aryl methyl sites for hydroxylation is 2. The molecule has 2 heterocycles. The molecular formula is C15H20N2O2. The van der Waals surface area contributed by atoms with Gasteiger partial charge in [-0.25, -0.2) is 0 Å². The zero-order valence-electron chi connectivity index (χ0n) is 11.9.